The van der Waals surface area contributed by atoms with Crippen molar-refractivity contribution < 1.29 is 36.3 Å². The summed E-state index contributed by atoms with van der Waals surface area (Å²) in [4.78, 5) is 44.2. The minimum atomic E-state index is -5.05. The number of carbonyl (C=O) groups is 2. The molecule has 0 radical (unpaired) electrons. The number of hydrogen-bond donors (Lipinski definition) is 2. The van der Waals surface area contributed by atoms with E-state index in [9.17, 15) is 27.6 Å². The highest BCUT2D eigenvalue weighted by Gasteiger charge is 2.37. The first-order chi connectivity index (χ1) is 19.6. The van der Waals surface area contributed by atoms with E-state index in [1.54, 1.807) is 18.7 Å². The first-order valence-electron chi connectivity index (χ1n) is 13.3. The number of aromatic nitrogens is 1. The molecule has 0 unspecified atom stereocenters. The molecule has 2 aromatic rings. The van der Waals surface area contributed by atoms with Crippen molar-refractivity contribution in [2.24, 2.45) is 0 Å². The highest BCUT2D eigenvalue weighted by molar-refractivity contribution is 6.07. The molecule has 2 amide bonds. The van der Waals surface area contributed by atoms with Gasteiger partial charge in [0, 0.05) is 56.6 Å². The number of pyridine rings is 1. The van der Waals surface area contributed by atoms with E-state index in [0.717, 1.165) is 6.07 Å². The second-order valence-electron chi connectivity index (χ2n) is 10.8. The molecule has 2 atom stereocenters. The number of amides is 2. The minimum Gasteiger partial charge on any atom is -0.447 e. The maximum absolute atomic E-state index is 16.3. The average Bonchev–Trinajstić information content (AvgIpc) is 3.37. The maximum atomic E-state index is 16.3. The maximum Gasteiger partial charge on any atom is 0.417 e. The molecule has 1 fully saturated rings. The molecule has 0 aliphatic carbocycles. The Balaban J connectivity index is 1.79. The summed E-state index contributed by atoms with van der Waals surface area (Å²) in [6.07, 6.45) is -4.11. The molecule has 1 saturated heterocycles. The third-order valence-corrected chi connectivity index (χ3v) is 7.45. The number of benzene rings is 1. The van der Waals surface area contributed by atoms with Gasteiger partial charge in [0.15, 0.2) is 5.82 Å². The van der Waals surface area contributed by atoms with Crippen LogP contribution in [0.5, 0.6) is 0 Å². The van der Waals surface area contributed by atoms with Gasteiger partial charge in [0.25, 0.3) is 5.91 Å². The Morgan fingerprint density at radius 3 is 2.36 bits per heavy atom. The molecule has 9 nitrogen and oxygen atoms in total. The molecule has 14 heteroatoms. The Kier molecular flexibility index (Phi) is 8.67. The second-order valence-corrected chi connectivity index (χ2v) is 10.8. The number of halogens is 5. The summed E-state index contributed by atoms with van der Waals surface area (Å²) in [7, 11) is 1.90. The monoisotopic (exact) mass is 597 g/mol. The summed E-state index contributed by atoms with van der Waals surface area (Å²) in [6, 6.07) is 1.15. The van der Waals surface area contributed by atoms with E-state index in [-0.39, 0.29) is 42.5 Å². The van der Waals surface area contributed by atoms with Gasteiger partial charge >= 0.3 is 12.3 Å². The van der Waals surface area contributed by atoms with Crippen molar-refractivity contribution >= 4 is 28.9 Å². The van der Waals surface area contributed by atoms with Crippen LogP contribution in [0.15, 0.2) is 29.2 Å². The fraction of sp³-hybridized carbons (Fsp3) is 0.464. The lowest BCUT2D eigenvalue weighted by molar-refractivity contribution is -0.138. The predicted octanol–water partition coefficient (Wildman–Crippen LogP) is 4.70. The first-order valence-corrected chi connectivity index (χ1v) is 13.3. The van der Waals surface area contributed by atoms with Gasteiger partial charge in [0.05, 0.1) is 28.5 Å². The quantitative estimate of drug-likeness (QED) is 0.486. The van der Waals surface area contributed by atoms with E-state index in [2.05, 4.69) is 10.2 Å². The molecule has 0 spiro atoms. The lowest BCUT2D eigenvalue weighted by atomic mass is 10.0. The Morgan fingerprint density at radius 1 is 1.12 bits per heavy atom. The van der Waals surface area contributed by atoms with Crippen LogP contribution >= 0.6 is 0 Å². The van der Waals surface area contributed by atoms with Crippen molar-refractivity contribution in [3.63, 3.8) is 0 Å². The lowest BCUT2D eigenvalue weighted by Gasteiger charge is -2.44. The number of ether oxygens (including phenoxy) is 1. The summed E-state index contributed by atoms with van der Waals surface area (Å²) in [5.74, 6) is -3.53. The van der Waals surface area contributed by atoms with Crippen LogP contribution in [0.4, 0.5) is 38.1 Å². The van der Waals surface area contributed by atoms with Crippen LogP contribution < -0.4 is 15.8 Å². The first kappa shape index (κ1) is 31.0. The van der Waals surface area contributed by atoms with Gasteiger partial charge in [0.2, 0.25) is 5.56 Å². The number of aromatic amines is 1. The molecule has 4 rings (SSSR count). The number of piperazine rings is 1. The molecule has 2 N–H and O–H groups in total. The molecule has 2 aliphatic rings. The molecule has 1 aromatic heterocycles. The Morgan fingerprint density at radius 2 is 1.76 bits per heavy atom. The minimum absolute atomic E-state index is 0.0169. The van der Waals surface area contributed by atoms with E-state index in [0.29, 0.717) is 19.3 Å². The number of rotatable bonds is 5. The normalized spacial score (nSPS) is 19.7. The van der Waals surface area contributed by atoms with Crippen LogP contribution in [0.25, 0.3) is 5.57 Å². The summed E-state index contributed by atoms with van der Waals surface area (Å²) in [5, 5.41) is 2.23. The van der Waals surface area contributed by atoms with Gasteiger partial charge in [-0.15, -0.1) is 0 Å². The van der Waals surface area contributed by atoms with Crippen molar-refractivity contribution in [2.45, 2.75) is 52.1 Å². The molecule has 2 aliphatic heterocycles. The van der Waals surface area contributed by atoms with E-state index < -0.39 is 63.9 Å². The predicted molar refractivity (Wildman–Crippen MR) is 146 cm³/mol. The van der Waals surface area contributed by atoms with Crippen LogP contribution in [0.2, 0.25) is 0 Å². The number of likely N-dealkylation sites (N-methyl/N-ethyl adjacent to an activating group) is 1. The van der Waals surface area contributed by atoms with Crippen LogP contribution in [-0.4, -0.2) is 78.2 Å². The van der Waals surface area contributed by atoms with Gasteiger partial charge in [-0.3, -0.25) is 14.5 Å². The average molecular weight is 598 g/mol. The van der Waals surface area contributed by atoms with Gasteiger partial charge in [-0.2, -0.15) is 13.2 Å². The summed E-state index contributed by atoms with van der Waals surface area (Å²) in [6.45, 7) is 7.58. The van der Waals surface area contributed by atoms with Gasteiger partial charge in [-0.05, 0) is 40.3 Å². The van der Waals surface area contributed by atoms with Crippen LogP contribution in [0.1, 0.15) is 49.2 Å². The van der Waals surface area contributed by atoms with Crippen LogP contribution in [0, 0.1) is 11.6 Å². The zero-order valence-electron chi connectivity index (χ0n) is 23.7. The van der Waals surface area contributed by atoms with Crippen molar-refractivity contribution in [1.29, 1.82) is 0 Å². The largest absolute Gasteiger partial charge is 0.447 e. The summed E-state index contributed by atoms with van der Waals surface area (Å²) < 4.78 is 78.2. The third kappa shape index (κ3) is 6.27. The molecule has 228 valence electrons. The highest BCUT2D eigenvalue weighted by atomic mass is 19.4. The highest BCUT2D eigenvalue weighted by Crippen LogP contribution is 2.39. The molecule has 1 aromatic carbocycles. The standard InChI is InChI=1S/C28H32F5N5O4/c1-14(2)42-27(41)37-7-6-17(13-37)23-20(29)9-21(38-11-15(3)36(5)16(4)12-38)25(24(23)30)35-26(40)18-10-34-22(39)8-19(18)28(31,32)33/h6,8-10,14-16H,7,11-13H2,1-5H3,(H,34,39)(H,35,40)/t15-,16+. The van der Waals surface area contributed by atoms with Gasteiger partial charge in [-0.1, -0.05) is 6.08 Å². The fourth-order valence-corrected chi connectivity index (χ4v) is 5.10. The van der Waals surface area contributed by atoms with Gasteiger partial charge < -0.3 is 24.8 Å². The van der Waals surface area contributed by atoms with Crippen LogP contribution in [-0.2, 0) is 10.9 Å². The summed E-state index contributed by atoms with van der Waals surface area (Å²) >= 11 is 0. The lowest BCUT2D eigenvalue weighted by Crippen LogP contribution is -2.55. The molecule has 3 heterocycles. The van der Waals surface area contributed by atoms with Gasteiger partial charge in [0.1, 0.15) is 11.5 Å². The number of nitrogens with zero attached hydrogens (tertiary/aromatic N) is 3. The van der Waals surface area contributed by atoms with E-state index in [1.807, 2.05) is 25.9 Å². The molecule has 42 heavy (non-hydrogen) atoms. The Hall–Kier alpha value is -3.94. The van der Waals surface area contributed by atoms with E-state index >= 15 is 8.78 Å². The second kappa shape index (κ2) is 11.7. The number of hydrogen-bond acceptors (Lipinski definition) is 6. The number of alkyl halides is 3. The number of anilines is 2. The molecule has 0 saturated carbocycles. The molecular weight excluding hydrogens is 565 g/mol. The SMILES string of the molecule is CC(C)OC(=O)N1CC=C(c2c(F)cc(N3C[C@@H](C)N(C)[C@@H](C)C3)c(NC(=O)c3c[nH]c(=O)cc3C(F)(F)F)c2F)C1. The summed E-state index contributed by atoms with van der Waals surface area (Å²) in [5.41, 5.74) is -4.53. The Bertz CT molecular complexity index is 1460. The van der Waals surface area contributed by atoms with Crippen LogP contribution in [0.3, 0.4) is 0 Å². The van der Waals surface area contributed by atoms with Crippen molar-refractivity contribution in [2.75, 3.05) is 43.4 Å². The number of nitrogens with one attached hydrogen (secondary N) is 2. The van der Waals surface area contributed by atoms with Crippen molar-refractivity contribution in [1.82, 2.24) is 14.8 Å². The number of carbonyl (C=O) groups excluding carboxylic acids is 2. The van der Waals surface area contributed by atoms with Crippen molar-refractivity contribution in [3.8, 4) is 0 Å². The molecular formula is C28H32F5N5O4. The zero-order valence-corrected chi connectivity index (χ0v) is 23.7. The molecule has 0 bridgehead atoms. The zero-order chi connectivity index (χ0) is 31.1. The smallest absolute Gasteiger partial charge is 0.417 e. The third-order valence-electron chi connectivity index (χ3n) is 7.45. The van der Waals surface area contributed by atoms with Gasteiger partial charge in [-0.25, -0.2) is 13.6 Å². The van der Waals surface area contributed by atoms with E-state index in [4.69, 9.17) is 4.74 Å². The van der Waals surface area contributed by atoms with E-state index in [1.165, 1.54) is 11.0 Å². The Labute approximate surface area is 238 Å². The van der Waals surface area contributed by atoms with Crippen molar-refractivity contribution in [3.05, 3.63) is 63.1 Å². The fourth-order valence-electron chi connectivity index (χ4n) is 5.10. The number of H-pyrrole nitrogens is 1. The topological polar surface area (TPSA) is 98.0 Å².